The van der Waals surface area contributed by atoms with Gasteiger partial charge >= 0.3 is 5.97 Å². The van der Waals surface area contributed by atoms with Gasteiger partial charge in [0.2, 0.25) is 0 Å². The molecule has 2 heterocycles. The van der Waals surface area contributed by atoms with Gasteiger partial charge in [0.05, 0.1) is 28.9 Å². The molecule has 2 aliphatic heterocycles. The van der Waals surface area contributed by atoms with Crippen LogP contribution < -0.4 is 5.06 Å². The van der Waals surface area contributed by atoms with E-state index >= 15 is 0 Å². The number of imide groups is 1. The summed E-state index contributed by atoms with van der Waals surface area (Å²) in [6.45, 7) is 0.533. The number of carbonyl (C=O) groups excluding carboxylic acids is 3. The van der Waals surface area contributed by atoms with Crippen molar-refractivity contribution < 1.29 is 24.0 Å². The highest BCUT2D eigenvalue weighted by Crippen LogP contribution is 2.28. The Morgan fingerprint density at radius 3 is 2.64 bits per heavy atom. The summed E-state index contributed by atoms with van der Waals surface area (Å²) in [6, 6.07) is 13.7. The number of nitrogens with zero attached hydrogens (tertiary/aromatic N) is 2. The van der Waals surface area contributed by atoms with Crippen LogP contribution in [0.1, 0.15) is 31.1 Å². The number of ether oxygens (including phenoxy) is 1. The number of esters is 1. The Morgan fingerprint density at radius 2 is 1.86 bits per heavy atom. The molecular weight excluding hydrogens is 360 g/mol. The van der Waals surface area contributed by atoms with Gasteiger partial charge in [0.1, 0.15) is 12.7 Å². The van der Waals surface area contributed by atoms with Crippen molar-refractivity contribution >= 4 is 23.5 Å². The van der Waals surface area contributed by atoms with E-state index in [0.717, 1.165) is 4.90 Å². The average Bonchev–Trinajstić information content (AvgIpc) is 2.96. The van der Waals surface area contributed by atoms with E-state index < -0.39 is 12.1 Å². The summed E-state index contributed by atoms with van der Waals surface area (Å²) in [5, 5.41) is 1.61. The van der Waals surface area contributed by atoms with Crippen LogP contribution in [0.5, 0.6) is 0 Å². The Bertz CT molecular complexity index is 970. The maximum absolute atomic E-state index is 12.2. The fourth-order valence-corrected chi connectivity index (χ4v) is 3.12. The summed E-state index contributed by atoms with van der Waals surface area (Å²) in [7, 11) is 1.46. The topological polar surface area (TPSA) is 76.2 Å². The van der Waals surface area contributed by atoms with Crippen LogP contribution in [0.3, 0.4) is 0 Å². The molecule has 7 nitrogen and oxygen atoms in total. The lowest BCUT2D eigenvalue weighted by atomic mass is 10.1. The maximum Gasteiger partial charge on any atom is 0.338 e. The van der Waals surface area contributed by atoms with E-state index in [1.165, 1.54) is 7.05 Å². The van der Waals surface area contributed by atoms with Crippen LogP contribution in [0.2, 0.25) is 0 Å². The highest BCUT2D eigenvalue weighted by Gasteiger charge is 2.33. The number of hydrogen-bond donors (Lipinski definition) is 0. The van der Waals surface area contributed by atoms with Crippen molar-refractivity contribution in [2.75, 3.05) is 25.3 Å². The quantitative estimate of drug-likeness (QED) is 0.462. The van der Waals surface area contributed by atoms with Crippen LogP contribution >= 0.6 is 0 Å². The SMILES string of the molecule is CN1C(=O)c2ccc(N3CC=CC(COC(=O)c4ccccc4)O3)cc2C1=O. The predicted molar refractivity (Wildman–Crippen MR) is 101 cm³/mol. The number of fused-ring (bicyclic) bond motifs is 1. The smallest absolute Gasteiger partial charge is 0.338 e. The minimum absolute atomic E-state index is 0.0613. The first-order chi connectivity index (χ1) is 13.5. The van der Waals surface area contributed by atoms with Crippen LogP contribution in [-0.2, 0) is 9.57 Å². The van der Waals surface area contributed by atoms with Crippen LogP contribution in [-0.4, -0.2) is 49.0 Å². The number of anilines is 1. The van der Waals surface area contributed by atoms with Gasteiger partial charge in [-0.2, -0.15) is 0 Å². The second kappa shape index (κ2) is 7.28. The molecule has 0 fully saturated rings. The van der Waals surface area contributed by atoms with E-state index in [4.69, 9.17) is 9.57 Å². The Hall–Kier alpha value is -3.45. The zero-order valence-corrected chi connectivity index (χ0v) is 15.2. The number of benzene rings is 2. The molecule has 7 heteroatoms. The molecule has 0 N–H and O–H groups in total. The summed E-state index contributed by atoms with van der Waals surface area (Å²) in [6.07, 6.45) is 3.27. The van der Waals surface area contributed by atoms with Gasteiger partial charge in [-0.15, -0.1) is 0 Å². The molecule has 1 unspecified atom stereocenters. The van der Waals surface area contributed by atoms with E-state index in [0.29, 0.717) is 28.9 Å². The normalized spacial score (nSPS) is 18.4. The van der Waals surface area contributed by atoms with Crippen molar-refractivity contribution in [2.24, 2.45) is 0 Å². The molecule has 142 valence electrons. The Morgan fingerprint density at radius 1 is 1.11 bits per heavy atom. The van der Waals surface area contributed by atoms with Gasteiger partial charge < -0.3 is 4.74 Å². The van der Waals surface area contributed by atoms with E-state index in [1.54, 1.807) is 47.5 Å². The molecule has 0 bridgehead atoms. The molecule has 2 aliphatic rings. The third-order valence-electron chi connectivity index (χ3n) is 4.63. The number of rotatable bonds is 4. The maximum atomic E-state index is 12.2. The standard InChI is InChI=1S/C21H18N2O5/c1-22-19(24)17-10-9-15(12-18(17)20(22)25)23-11-5-8-16(28-23)13-27-21(26)14-6-3-2-4-7-14/h2-10,12,16H,11,13H2,1H3. The second-order valence-electron chi connectivity index (χ2n) is 6.50. The van der Waals surface area contributed by atoms with Crippen LogP contribution in [0.4, 0.5) is 5.69 Å². The fraction of sp³-hybridized carbons (Fsp3) is 0.190. The van der Waals surface area contributed by atoms with Crippen molar-refractivity contribution in [1.29, 1.82) is 0 Å². The average molecular weight is 378 g/mol. The number of carbonyl (C=O) groups is 3. The van der Waals surface area contributed by atoms with Crippen LogP contribution in [0.25, 0.3) is 0 Å². The van der Waals surface area contributed by atoms with Gasteiger partial charge in [-0.1, -0.05) is 30.4 Å². The van der Waals surface area contributed by atoms with E-state index in [9.17, 15) is 14.4 Å². The number of hydrogen-bond acceptors (Lipinski definition) is 6. The fourth-order valence-electron chi connectivity index (χ4n) is 3.12. The molecule has 4 rings (SSSR count). The summed E-state index contributed by atoms with van der Waals surface area (Å²) in [4.78, 5) is 43.2. The first-order valence-electron chi connectivity index (χ1n) is 8.84. The second-order valence-corrected chi connectivity index (χ2v) is 6.50. The molecule has 2 aromatic carbocycles. The third kappa shape index (κ3) is 3.27. The molecule has 0 saturated carbocycles. The zero-order valence-electron chi connectivity index (χ0n) is 15.2. The first-order valence-corrected chi connectivity index (χ1v) is 8.84. The van der Waals surface area contributed by atoms with Gasteiger partial charge in [0.15, 0.2) is 0 Å². The van der Waals surface area contributed by atoms with E-state index in [1.807, 2.05) is 18.2 Å². The van der Waals surface area contributed by atoms with Crippen molar-refractivity contribution in [3.8, 4) is 0 Å². The molecule has 0 aromatic heterocycles. The van der Waals surface area contributed by atoms with Crippen LogP contribution in [0, 0.1) is 0 Å². The van der Waals surface area contributed by atoms with Gasteiger partial charge in [0, 0.05) is 7.05 Å². The van der Waals surface area contributed by atoms with Gasteiger partial charge in [0.25, 0.3) is 11.8 Å². The van der Waals surface area contributed by atoms with Gasteiger partial charge in [-0.3, -0.25) is 19.3 Å². The Balaban J connectivity index is 1.43. The first kappa shape index (κ1) is 17.9. The number of amides is 2. The lowest BCUT2D eigenvalue weighted by Crippen LogP contribution is -2.35. The molecule has 0 spiro atoms. The molecule has 0 aliphatic carbocycles. The molecule has 2 aromatic rings. The van der Waals surface area contributed by atoms with Crippen molar-refractivity contribution in [1.82, 2.24) is 4.90 Å². The highest BCUT2D eigenvalue weighted by molar-refractivity contribution is 6.21. The van der Waals surface area contributed by atoms with Gasteiger partial charge in [-0.25, -0.2) is 9.86 Å². The predicted octanol–water partition coefficient (Wildman–Crippen LogP) is 2.45. The highest BCUT2D eigenvalue weighted by atomic mass is 16.7. The summed E-state index contributed by atoms with van der Waals surface area (Å²) in [5.74, 6) is -1.06. The summed E-state index contributed by atoms with van der Waals surface area (Å²) >= 11 is 0. The minimum atomic E-state index is -0.449. The van der Waals surface area contributed by atoms with Crippen molar-refractivity contribution in [3.05, 3.63) is 77.4 Å². The molecule has 2 amide bonds. The lowest BCUT2D eigenvalue weighted by Gasteiger charge is -2.30. The minimum Gasteiger partial charge on any atom is -0.459 e. The van der Waals surface area contributed by atoms with E-state index in [-0.39, 0.29) is 18.4 Å². The Kier molecular flexibility index (Phi) is 4.67. The van der Waals surface area contributed by atoms with Crippen LogP contribution in [0.15, 0.2) is 60.7 Å². The van der Waals surface area contributed by atoms with E-state index in [2.05, 4.69) is 0 Å². The molecule has 1 atom stereocenters. The van der Waals surface area contributed by atoms with Crippen molar-refractivity contribution in [2.45, 2.75) is 6.10 Å². The lowest BCUT2D eigenvalue weighted by molar-refractivity contribution is -0.000997. The Labute approximate surface area is 161 Å². The largest absolute Gasteiger partial charge is 0.459 e. The summed E-state index contributed by atoms with van der Waals surface area (Å²) in [5.41, 5.74) is 1.87. The van der Waals surface area contributed by atoms with Crippen molar-refractivity contribution in [3.63, 3.8) is 0 Å². The molecule has 28 heavy (non-hydrogen) atoms. The van der Waals surface area contributed by atoms with Gasteiger partial charge in [-0.05, 0) is 30.3 Å². The zero-order chi connectivity index (χ0) is 19.7. The molecular formula is C21H18N2O5. The monoisotopic (exact) mass is 378 g/mol. The number of hydroxylamine groups is 1. The molecule has 0 radical (unpaired) electrons. The third-order valence-corrected chi connectivity index (χ3v) is 4.63. The summed E-state index contributed by atoms with van der Waals surface area (Å²) < 4.78 is 5.32. The molecule has 0 saturated heterocycles.